The third kappa shape index (κ3) is 4.46. The van der Waals surface area contributed by atoms with Crippen LogP contribution in [0.15, 0.2) is 52.0 Å². The van der Waals surface area contributed by atoms with Gasteiger partial charge in [0.25, 0.3) is 5.91 Å². The second kappa shape index (κ2) is 8.12. The maximum atomic E-state index is 12.5. The fraction of sp³-hybridized carbons (Fsp3) is 0.353. The first-order chi connectivity index (χ1) is 11.5. The average molecular weight is 351 g/mol. The van der Waals surface area contributed by atoms with Gasteiger partial charge in [-0.05, 0) is 24.6 Å². The van der Waals surface area contributed by atoms with E-state index in [2.05, 4.69) is 5.32 Å². The number of amides is 1. The number of rotatable bonds is 8. The molecule has 0 aliphatic heterocycles. The molecule has 0 aliphatic rings. The minimum absolute atomic E-state index is 0.0176. The molecule has 1 aromatic carbocycles. The molecule has 1 N–H and O–H groups in total. The third-order valence-corrected chi connectivity index (χ3v) is 5.28. The molecule has 0 spiro atoms. The zero-order chi connectivity index (χ0) is 17.6. The fourth-order valence-electron chi connectivity index (χ4n) is 2.28. The molecule has 0 fully saturated rings. The number of hydrogen-bond donors (Lipinski definition) is 1. The summed E-state index contributed by atoms with van der Waals surface area (Å²) in [4.78, 5) is 12.5. The van der Waals surface area contributed by atoms with Crippen LogP contribution in [0.5, 0.6) is 0 Å². The Bertz CT molecular complexity index is 767. The van der Waals surface area contributed by atoms with Gasteiger partial charge in [-0.15, -0.1) is 0 Å². The van der Waals surface area contributed by atoms with Crippen molar-refractivity contribution in [2.24, 2.45) is 0 Å². The second-order valence-electron chi connectivity index (χ2n) is 5.38. The van der Waals surface area contributed by atoms with E-state index in [9.17, 15) is 13.2 Å². The summed E-state index contributed by atoms with van der Waals surface area (Å²) in [5, 5.41) is 2.78. The maximum Gasteiger partial charge on any atom is 0.287 e. The SMILES string of the molecule is CCC(COC)NC(=O)c1occc1CS(=O)(=O)c1ccccc1. The Labute approximate surface area is 141 Å². The van der Waals surface area contributed by atoms with E-state index in [1.165, 1.54) is 24.5 Å². The van der Waals surface area contributed by atoms with Crippen molar-refractivity contribution in [3.63, 3.8) is 0 Å². The van der Waals surface area contributed by atoms with E-state index >= 15 is 0 Å². The molecule has 24 heavy (non-hydrogen) atoms. The van der Waals surface area contributed by atoms with E-state index in [-0.39, 0.29) is 22.5 Å². The van der Waals surface area contributed by atoms with Crippen molar-refractivity contribution in [2.45, 2.75) is 30.0 Å². The Hall–Kier alpha value is -2.12. The molecule has 0 aliphatic carbocycles. The molecule has 130 valence electrons. The van der Waals surface area contributed by atoms with Gasteiger partial charge in [-0.1, -0.05) is 25.1 Å². The van der Waals surface area contributed by atoms with Crippen LogP contribution in [0.1, 0.15) is 29.5 Å². The minimum atomic E-state index is -3.55. The van der Waals surface area contributed by atoms with Gasteiger partial charge in [-0.2, -0.15) is 0 Å². The summed E-state index contributed by atoms with van der Waals surface area (Å²) in [6, 6.07) is 9.47. The lowest BCUT2D eigenvalue weighted by Gasteiger charge is -2.15. The van der Waals surface area contributed by atoms with Crippen LogP contribution in [0.2, 0.25) is 0 Å². The normalized spacial score (nSPS) is 12.8. The number of carbonyl (C=O) groups excluding carboxylic acids is 1. The largest absolute Gasteiger partial charge is 0.459 e. The summed E-state index contributed by atoms with van der Waals surface area (Å²) in [5.41, 5.74) is 0.337. The smallest absolute Gasteiger partial charge is 0.287 e. The van der Waals surface area contributed by atoms with E-state index in [1.54, 1.807) is 25.3 Å². The average Bonchev–Trinajstić information content (AvgIpc) is 3.02. The Balaban J connectivity index is 2.17. The predicted molar refractivity (Wildman–Crippen MR) is 89.5 cm³/mol. The van der Waals surface area contributed by atoms with Gasteiger partial charge < -0.3 is 14.5 Å². The Morgan fingerprint density at radius 2 is 1.96 bits per heavy atom. The highest BCUT2D eigenvalue weighted by Crippen LogP contribution is 2.20. The van der Waals surface area contributed by atoms with E-state index in [1.807, 2.05) is 6.92 Å². The van der Waals surface area contributed by atoms with Crippen molar-refractivity contribution in [1.82, 2.24) is 5.32 Å². The molecular formula is C17H21NO5S. The van der Waals surface area contributed by atoms with E-state index in [4.69, 9.17) is 9.15 Å². The monoisotopic (exact) mass is 351 g/mol. The van der Waals surface area contributed by atoms with Crippen LogP contribution in [-0.2, 0) is 20.3 Å². The zero-order valence-corrected chi connectivity index (χ0v) is 14.5. The van der Waals surface area contributed by atoms with Gasteiger partial charge in [0.15, 0.2) is 15.6 Å². The number of sulfone groups is 1. The number of ether oxygens (including phenoxy) is 1. The van der Waals surface area contributed by atoms with Crippen LogP contribution < -0.4 is 5.32 Å². The number of nitrogens with one attached hydrogen (secondary N) is 1. The van der Waals surface area contributed by atoms with Crippen molar-refractivity contribution in [3.05, 3.63) is 54.0 Å². The zero-order valence-electron chi connectivity index (χ0n) is 13.7. The van der Waals surface area contributed by atoms with E-state index in [0.29, 0.717) is 18.6 Å². The minimum Gasteiger partial charge on any atom is -0.459 e. The number of carbonyl (C=O) groups is 1. The quantitative estimate of drug-likeness (QED) is 0.789. The molecule has 0 saturated carbocycles. The molecule has 0 bridgehead atoms. The van der Waals surface area contributed by atoms with Crippen LogP contribution in [-0.4, -0.2) is 34.1 Å². The van der Waals surface area contributed by atoms with Gasteiger partial charge in [0.05, 0.1) is 29.6 Å². The first-order valence-electron chi connectivity index (χ1n) is 7.62. The summed E-state index contributed by atoms with van der Waals surface area (Å²) in [6.45, 7) is 2.30. The topological polar surface area (TPSA) is 85.6 Å². The molecule has 7 heteroatoms. The van der Waals surface area contributed by atoms with Gasteiger partial charge in [0.2, 0.25) is 0 Å². The Morgan fingerprint density at radius 3 is 2.58 bits per heavy atom. The highest BCUT2D eigenvalue weighted by atomic mass is 32.2. The summed E-state index contributed by atoms with van der Waals surface area (Å²) in [7, 11) is -1.99. The number of methoxy groups -OCH3 is 1. The number of hydrogen-bond acceptors (Lipinski definition) is 5. The maximum absolute atomic E-state index is 12.5. The Kier molecular flexibility index (Phi) is 6.16. The van der Waals surface area contributed by atoms with Gasteiger partial charge in [0, 0.05) is 12.7 Å². The van der Waals surface area contributed by atoms with Crippen LogP contribution in [0, 0.1) is 0 Å². The van der Waals surface area contributed by atoms with Crippen molar-refractivity contribution >= 4 is 15.7 Å². The van der Waals surface area contributed by atoms with Crippen molar-refractivity contribution in [1.29, 1.82) is 0 Å². The molecule has 1 atom stereocenters. The highest BCUT2D eigenvalue weighted by molar-refractivity contribution is 7.90. The Morgan fingerprint density at radius 1 is 1.25 bits per heavy atom. The van der Waals surface area contributed by atoms with Crippen LogP contribution in [0.3, 0.4) is 0 Å². The van der Waals surface area contributed by atoms with Crippen molar-refractivity contribution in [2.75, 3.05) is 13.7 Å². The second-order valence-corrected chi connectivity index (χ2v) is 7.37. The van der Waals surface area contributed by atoms with Crippen LogP contribution >= 0.6 is 0 Å². The van der Waals surface area contributed by atoms with E-state index in [0.717, 1.165) is 0 Å². The fourth-order valence-corrected chi connectivity index (χ4v) is 3.65. The molecule has 0 saturated heterocycles. The molecule has 6 nitrogen and oxygen atoms in total. The standard InChI is InChI=1S/C17H21NO5S/c1-3-14(11-22-2)18-17(19)16-13(9-10-23-16)12-24(20,21)15-7-5-4-6-8-15/h4-10,14H,3,11-12H2,1-2H3,(H,18,19). The first kappa shape index (κ1) is 18.2. The van der Waals surface area contributed by atoms with Crippen LogP contribution in [0.4, 0.5) is 0 Å². The van der Waals surface area contributed by atoms with Gasteiger partial charge in [-0.3, -0.25) is 4.79 Å². The lowest BCUT2D eigenvalue weighted by molar-refractivity contribution is 0.0866. The molecule has 2 rings (SSSR count). The predicted octanol–water partition coefficient (Wildman–Crippen LogP) is 2.41. The molecule has 0 radical (unpaired) electrons. The lowest BCUT2D eigenvalue weighted by atomic mass is 10.2. The van der Waals surface area contributed by atoms with Gasteiger partial charge in [0.1, 0.15) is 0 Å². The first-order valence-corrected chi connectivity index (χ1v) is 9.27. The molecular weight excluding hydrogens is 330 g/mol. The summed E-state index contributed by atoms with van der Waals surface area (Å²) in [6.07, 6.45) is 2.01. The van der Waals surface area contributed by atoms with Crippen molar-refractivity contribution in [3.8, 4) is 0 Å². The third-order valence-electron chi connectivity index (χ3n) is 3.60. The highest BCUT2D eigenvalue weighted by Gasteiger charge is 2.23. The molecule has 1 heterocycles. The lowest BCUT2D eigenvalue weighted by Crippen LogP contribution is -2.37. The summed E-state index contributed by atoms with van der Waals surface area (Å²) < 4.78 is 35.2. The van der Waals surface area contributed by atoms with Gasteiger partial charge in [-0.25, -0.2) is 8.42 Å². The molecule has 1 amide bonds. The van der Waals surface area contributed by atoms with Crippen molar-refractivity contribution < 1.29 is 22.4 Å². The summed E-state index contributed by atoms with van der Waals surface area (Å²) in [5.74, 6) is -0.719. The number of benzene rings is 1. The summed E-state index contributed by atoms with van der Waals surface area (Å²) >= 11 is 0. The van der Waals surface area contributed by atoms with Crippen LogP contribution in [0.25, 0.3) is 0 Å². The molecule has 2 aromatic rings. The van der Waals surface area contributed by atoms with Gasteiger partial charge >= 0.3 is 0 Å². The molecule has 1 unspecified atom stereocenters. The molecule has 1 aromatic heterocycles. The number of furan rings is 1. The van der Waals surface area contributed by atoms with E-state index < -0.39 is 15.7 Å².